The Labute approximate surface area is 69.5 Å². The fraction of sp³-hybridized carbons (Fsp3) is 0.250. The van der Waals surface area contributed by atoms with Crippen LogP contribution in [0.25, 0.3) is 0 Å². The van der Waals surface area contributed by atoms with Gasteiger partial charge in [0.15, 0.2) is 0 Å². The Morgan fingerprint density at radius 1 is 1.58 bits per heavy atom. The van der Waals surface area contributed by atoms with Crippen LogP contribution < -0.4 is 0 Å². The smallest absolute Gasteiger partial charge is 0.307 e. The Kier molecular flexibility index (Phi) is 2.76. The van der Waals surface area contributed by atoms with Crippen LogP contribution >= 0.6 is 0 Å². The average Bonchev–Trinajstić information content (AvgIpc) is 2.03. The minimum absolute atomic E-state index is 0.0322. The van der Waals surface area contributed by atoms with E-state index in [1.807, 2.05) is 0 Å². The van der Waals surface area contributed by atoms with E-state index in [4.69, 9.17) is 10.2 Å². The number of pyridine rings is 1. The van der Waals surface area contributed by atoms with Crippen LogP contribution in [0, 0.1) is 0 Å². The Morgan fingerprint density at radius 2 is 2.33 bits per heavy atom. The first-order chi connectivity index (χ1) is 5.72. The van der Waals surface area contributed by atoms with Crippen molar-refractivity contribution in [2.45, 2.75) is 13.0 Å². The summed E-state index contributed by atoms with van der Waals surface area (Å²) in [5.41, 5.74) is 1.15. The molecule has 1 rings (SSSR count). The predicted molar refractivity (Wildman–Crippen MR) is 41.5 cm³/mol. The largest absolute Gasteiger partial charge is 0.481 e. The van der Waals surface area contributed by atoms with Crippen molar-refractivity contribution >= 4 is 5.97 Å². The second-order valence-electron chi connectivity index (χ2n) is 2.38. The van der Waals surface area contributed by atoms with Gasteiger partial charge in [-0.2, -0.15) is 0 Å². The van der Waals surface area contributed by atoms with E-state index in [-0.39, 0.29) is 13.0 Å². The molecular formula is C8H9NO3. The van der Waals surface area contributed by atoms with Gasteiger partial charge in [0.2, 0.25) is 0 Å². The Morgan fingerprint density at radius 3 is 2.92 bits per heavy atom. The van der Waals surface area contributed by atoms with Gasteiger partial charge in [-0.3, -0.25) is 9.78 Å². The molecule has 64 valence electrons. The van der Waals surface area contributed by atoms with Crippen LogP contribution in [0.1, 0.15) is 11.3 Å². The van der Waals surface area contributed by atoms with Gasteiger partial charge in [0.25, 0.3) is 0 Å². The monoisotopic (exact) mass is 167 g/mol. The first kappa shape index (κ1) is 8.67. The summed E-state index contributed by atoms with van der Waals surface area (Å²) in [6, 6.07) is 3.20. The number of rotatable bonds is 3. The molecule has 0 saturated heterocycles. The number of hydrogen-bond acceptors (Lipinski definition) is 3. The second-order valence-corrected chi connectivity index (χ2v) is 2.38. The number of carboxylic acids is 1. The van der Waals surface area contributed by atoms with Crippen molar-refractivity contribution in [1.29, 1.82) is 0 Å². The van der Waals surface area contributed by atoms with Crippen molar-refractivity contribution in [1.82, 2.24) is 4.98 Å². The number of carboxylic acid groups (broad SMARTS) is 1. The van der Waals surface area contributed by atoms with Crippen LogP contribution in [0.15, 0.2) is 18.3 Å². The average molecular weight is 167 g/mol. The third-order valence-electron chi connectivity index (χ3n) is 1.40. The van der Waals surface area contributed by atoms with Gasteiger partial charge in [0.1, 0.15) is 0 Å². The van der Waals surface area contributed by atoms with Gasteiger partial charge in [-0.1, -0.05) is 0 Å². The molecule has 4 nitrogen and oxygen atoms in total. The van der Waals surface area contributed by atoms with Crippen LogP contribution in [-0.2, 0) is 17.8 Å². The third-order valence-corrected chi connectivity index (χ3v) is 1.40. The van der Waals surface area contributed by atoms with Crippen LogP contribution in [0.3, 0.4) is 0 Å². The van der Waals surface area contributed by atoms with Gasteiger partial charge in [0, 0.05) is 6.20 Å². The highest BCUT2D eigenvalue weighted by atomic mass is 16.4. The highest BCUT2D eigenvalue weighted by Gasteiger charge is 2.00. The fourth-order valence-corrected chi connectivity index (χ4v) is 0.899. The molecule has 0 fully saturated rings. The van der Waals surface area contributed by atoms with E-state index in [1.165, 1.54) is 6.20 Å². The maximum Gasteiger partial charge on any atom is 0.307 e. The Hall–Kier alpha value is -1.42. The fourth-order valence-electron chi connectivity index (χ4n) is 0.899. The van der Waals surface area contributed by atoms with Gasteiger partial charge in [-0.15, -0.1) is 0 Å². The molecule has 0 atom stereocenters. The zero-order valence-corrected chi connectivity index (χ0v) is 6.40. The molecule has 0 spiro atoms. The van der Waals surface area contributed by atoms with Gasteiger partial charge < -0.3 is 10.2 Å². The molecule has 1 aromatic rings. The third kappa shape index (κ3) is 2.32. The topological polar surface area (TPSA) is 70.4 Å². The van der Waals surface area contributed by atoms with Crippen molar-refractivity contribution in [2.24, 2.45) is 0 Å². The zero-order chi connectivity index (χ0) is 8.97. The number of nitrogens with zero attached hydrogens (tertiary/aromatic N) is 1. The van der Waals surface area contributed by atoms with Gasteiger partial charge >= 0.3 is 5.97 Å². The number of aliphatic carboxylic acids is 1. The molecule has 0 unspecified atom stereocenters. The van der Waals surface area contributed by atoms with Crippen LogP contribution in [-0.4, -0.2) is 21.2 Å². The number of aliphatic hydroxyl groups excluding tert-OH is 1. The van der Waals surface area contributed by atoms with E-state index < -0.39 is 5.97 Å². The van der Waals surface area contributed by atoms with Crippen molar-refractivity contribution in [3.8, 4) is 0 Å². The lowest BCUT2D eigenvalue weighted by molar-refractivity contribution is -0.136. The first-order valence-electron chi connectivity index (χ1n) is 3.49. The first-order valence-corrected chi connectivity index (χ1v) is 3.49. The quantitative estimate of drug-likeness (QED) is 0.674. The summed E-state index contributed by atoms with van der Waals surface area (Å²) >= 11 is 0. The minimum Gasteiger partial charge on any atom is -0.481 e. The molecule has 1 heterocycles. The van der Waals surface area contributed by atoms with Crippen LogP contribution in [0.4, 0.5) is 0 Å². The molecule has 0 radical (unpaired) electrons. The zero-order valence-electron chi connectivity index (χ0n) is 6.40. The molecule has 0 amide bonds. The molecular weight excluding hydrogens is 158 g/mol. The summed E-state index contributed by atoms with van der Waals surface area (Å²) in [6.07, 6.45) is 1.46. The summed E-state index contributed by atoms with van der Waals surface area (Å²) in [6.45, 7) is -0.159. The maximum absolute atomic E-state index is 10.3. The molecule has 2 N–H and O–H groups in total. The second kappa shape index (κ2) is 3.82. The summed E-state index contributed by atoms with van der Waals surface area (Å²) in [7, 11) is 0. The van der Waals surface area contributed by atoms with Crippen LogP contribution in [0.2, 0.25) is 0 Å². The number of hydrogen-bond donors (Lipinski definition) is 2. The van der Waals surface area contributed by atoms with Crippen molar-refractivity contribution in [3.05, 3.63) is 29.6 Å². The number of aromatic nitrogens is 1. The van der Waals surface area contributed by atoms with Gasteiger partial charge in [-0.05, 0) is 17.7 Å². The standard InChI is InChI=1S/C8H9NO3/c10-5-7-3-6(1-2-9-7)4-8(11)12/h1-3,10H,4-5H2,(H,11,12). The molecule has 0 bridgehead atoms. The molecule has 0 aromatic carbocycles. The van der Waals surface area contributed by atoms with E-state index in [2.05, 4.69) is 4.98 Å². The maximum atomic E-state index is 10.3. The van der Waals surface area contributed by atoms with Crippen molar-refractivity contribution < 1.29 is 15.0 Å². The summed E-state index contributed by atoms with van der Waals surface area (Å²) in [5, 5.41) is 17.1. The molecule has 0 aliphatic rings. The van der Waals surface area contributed by atoms with Gasteiger partial charge in [0.05, 0.1) is 18.7 Å². The molecule has 0 aliphatic carbocycles. The normalized spacial score (nSPS) is 9.75. The lowest BCUT2D eigenvalue weighted by atomic mass is 10.2. The molecule has 12 heavy (non-hydrogen) atoms. The predicted octanol–water partition coefficient (Wildman–Crippen LogP) is 0.201. The highest BCUT2D eigenvalue weighted by Crippen LogP contribution is 2.02. The molecule has 1 aromatic heterocycles. The molecule has 0 aliphatic heterocycles. The summed E-state index contributed by atoms with van der Waals surface area (Å²) in [5.74, 6) is -0.884. The van der Waals surface area contributed by atoms with Crippen molar-refractivity contribution in [3.63, 3.8) is 0 Å². The van der Waals surface area contributed by atoms with E-state index in [9.17, 15) is 4.79 Å². The van der Waals surface area contributed by atoms with E-state index in [0.717, 1.165) is 0 Å². The Bertz CT molecular complexity index is 285. The minimum atomic E-state index is -0.884. The van der Waals surface area contributed by atoms with Gasteiger partial charge in [-0.25, -0.2) is 0 Å². The van der Waals surface area contributed by atoms with Crippen LogP contribution in [0.5, 0.6) is 0 Å². The Balaban J connectivity index is 2.79. The molecule has 4 heteroatoms. The SMILES string of the molecule is O=C(O)Cc1ccnc(CO)c1. The highest BCUT2D eigenvalue weighted by molar-refractivity contribution is 5.70. The summed E-state index contributed by atoms with van der Waals surface area (Å²) in [4.78, 5) is 14.1. The number of aliphatic hydroxyl groups is 1. The lowest BCUT2D eigenvalue weighted by Crippen LogP contribution is -2.01. The summed E-state index contributed by atoms with van der Waals surface area (Å²) < 4.78 is 0. The molecule has 0 saturated carbocycles. The number of carbonyl (C=O) groups is 1. The van der Waals surface area contributed by atoms with E-state index in [0.29, 0.717) is 11.3 Å². The van der Waals surface area contributed by atoms with Crippen molar-refractivity contribution in [2.75, 3.05) is 0 Å². The lowest BCUT2D eigenvalue weighted by Gasteiger charge is -1.98. The van der Waals surface area contributed by atoms with E-state index >= 15 is 0 Å². The van der Waals surface area contributed by atoms with E-state index in [1.54, 1.807) is 12.1 Å².